The Labute approximate surface area is 145 Å². The summed E-state index contributed by atoms with van der Waals surface area (Å²) in [6.07, 6.45) is 5.05. The lowest BCUT2D eigenvalue weighted by Gasteiger charge is -2.32. The normalized spacial score (nSPS) is 24.5. The third kappa shape index (κ3) is 2.63. The average Bonchev–Trinajstić information content (AvgIpc) is 3.24. The Kier molecular flexibility index (Phi) is 4.09. The number of hydrogen-bond donors (Lipinski definition) is 0. The van der Waals surface area contributed by atoms with Gasteiger partial charge in [0.15, 0.2) is 0 Å². The predicted octanol–water partition coefficient (Wildman–Crippen LogP) is 1.81. The number of carbonyl (C=O) groups is 1. The third-order valence-corrected chi connectivity index (χ3v) is 6.05. The lowest BCUT2D eigenvalue weighted by molar-refractivity contribution is 0.0733. The first kappa shape index (κ1) is 15.7. The minimum Gasteiger partial charge on any atom is -0.336 e. The molecular formula is C16H22N6OS. The molecule has 0 aliphatic carbocycles. The fourth-order valence-electron chi connectivity index (χ4n) is 4.20. The minimum atomic E-state index is 0.103. The highest BCUT2D eigenvalue weighted by molar-refractivity contribution is 7.12. The quantitative estimate of drug-likeness (QED) is 0.848. The first-order valence-electron chi connectivity index (χ1n) is 8.52. The Bertz CT molecular complexity index is 712. The van der Waals surface area contributed by atoms with Crippen molar-refractivity contribution in [3.63, 3.8) is 0 Å². The Hall–Kier alpha value is -1.80. The van der Waals surface area contributed by atoms with Crippen molar-refractivity contribution in [3.05, 3.63) is 22.7 Å². The Morgan fingerprint density at radius 3 is 2.88 bits per heavy atom. The van der Waals surface area contributed by atoms with E-state index in [9.17, 15) is 4.79 Å². The van der Waals surface area contributed by atoms with Gasteiger partial charge in [0, 0.05) is 31.2 Å². The molecule has 1 amide bonds. The van der Waals surface area contributed by atoms with Gasteiger partial charge in [-0.25, -0.2) is 0 Å². The van der Waals surface area contributed by atoms with Gasteiger partial charge in [0.2, 0.25) is 0 Å². The van der Waals surface area contributed by atoms with Crippen molar-refractivity contribution in [1.82, 2.24) is 30.0 Å². The van der Waals surface area contributed by atoms with E-state index < -0.39 is 0 Å². The van der Waals surface area contributed by atoms with Crippen LogP contribution in [-0.4, -0.2) is 67.1 Å². The van der Waals surface area contributed by atoms with Crippen LogP contribution in [-0.2, 0) is 0 Å². The van der Waals surface area contributed by atoms with Gasteiger partial charge < -0.3 is 4.90 Å². The van der Waals surface area contributed by atoms with Crippen LogP contribution in [0.15, 0.2) is 17.8 Å². The number of amides is 1. The van der Waals surface area contributed by atoms with Gasteiger partial charge in [-0.05, 0) is 55.0 Å². The van der Waals surface area contributed by atoms with Crippen LogP contribution in [0.1, 0.15) is 42.8 Å². The molecule has 2 aromatic heterocycles. The molecule has 0 aromatic carbocycles. The van der Waals surface area contributed by atoms with Crippen molar-refractivity contribution >= 4 is 17.2 Å². The van der Waals surface area contributed by atoms with Crippen LogP contribution in [0.4, 0.5) is 0 Å². The summed E-state index contributed by atoms with van der Waals surface area (Å²) in [7, 11) is 0. The van der Waals surface area contributed by atoms with Crippen LogP contribution in [0.25, 0.3) is 5.69 Å². The lowest BCUT2D eigenvalue weighted by Crippen LogP contribution is -2.44. The lowest BCUT2D eigenvalue weighted by atomic mass is 10.1. The summed E-state index contributed by atoms with van der Waals surface area (Å²) < 4.78 is 1.56. The largest absolute Gasteiger partial charge is 0.336 e. The summed E-state index contributed by atoms with van der Waals surface area (Å²) in [5.41, 5.74) is 0.769. The second-order valence-corrected chi connectivity index (χ2v) is 7.77. The summed E-state index contributed by atoms with van der Waals surface area (Å²) in [5.74, 6) is 0.103. The van der Waals surface area contributed by atoms with Gasteiger partial charge >= 0.3 is 0 Å². The number of hydrogen-bond acceptors (Lipinski definition) is 6. The molecule has 4 rings (SSSR count). The molecule has 0 radical (unpaired) electrons. The molecule has 2 saturated heterocycles. The molecule has 2 aromatic rings. The number of aromatic nitrogens is 4. The SMILES string of the molecule is CC(C)N1C2CCC1CN(C(=O)c1sccc1-n1cnnn1)CC2. The summed E-state index contributed by atoms with van der Waals surface area (Å²) in [6.45, 7) is 6.17. The van der Waals surface area contributed by atoms with Gasteiger partial charge in [-0.15, -0.1) is 16.4 Å². The topological polar surface area (TPSA) is 67.2 Å². The van der Waals surface area contributed by atoms with Crippen LogP contribution in [0.2, 0.25) is 0 Å². The molecule has 2 aliphatic rings. The van der Waals surface area contributed by atoms with E-state index in [1.165, 1.54) is 30.5 Å². The van der Waals surface area contributed by atoms with Crippen molar-refractivity contribution in [2.75, 3.05) is 13.1 Å². The number of carbonyl (C=O) groups excluding carboxylic acids is 1. The van der Waals surface area contributed by atoms with E-state index in [1.807, 2.05) is 16.3 Å². The molecule has 2 aliphatic heterocycles. The predicted molar refractivity (Wildman–Crippen MR) is 91.3 cm³/mol. The number of nitrogens with zero attached hydrogens (tertiary/aromatic N) is 6. The molecule has 7 nitrogen and oxygen atoms in total. The number of thiophene rings is 1. The van der Waals surface area contributed by atoms with Crippen LogP contribution in [0.3, 0.4) is 0 Å². The first-order valence-corrected chi connectivity index (χ1v) is 9.40. The molecule has 8 heteroatoms. The van der Waals surface area contributed by atoms with E-state index in [-0.39, 0.29) is 5.91 Å². The summed E-state index contributed by atoms with van der Waals surface area (Å²) in [6, 6.07) is 3.54. The molecule has 0 spiro atoms. The number of likely N-dealkylation sites (tertiary alicyclic amines) is 1. The first-order chi connectivity index (χ1) is 11.6. The van der Waals surface area contributed by atoms with Gasteiger partial charge in [-0.3, -0.25) is 9.69 Å². The summed E-state index contributed by atoms with van der Waals surface area (Å²) >= 11 is 1.46. The van der Waals surface area contributed by atoms with Gasteiger partial charge in [-0.1, -0.05) is 0 Å². The maximum absolute atomic E-state index is 13.1. The zero-order valence-electron chi connectivity index (χ0n) is 14.0. The fourth-order valence-corrected chi connectivity index (χ4v) is 5.04. The Balaban J connectivity index is 1.57. The number of tetrazole rings is 1. The van der Waals surface area contributed by atoms with E-state index >= 15 is 0 Å². The van der Waals surface area contributed by atoms with Crippen LogP contribution < -0.4 is 0 Å². The molecule has 4 heterocycles. The zero-order valence-corrected chi connectivity index (χ0v) is 14.8. The van der Waals surface area contributed by atoms with Crippen LogP contribution in [0.5, 0.6) is 0 Å². The number of rotatable bonds is 3. The van der Waals surface area contributed by atoms with Crippen LogP contribution >= 0.6 is 11.3 Å². The minimum absolute atomic E-state index is 0.103. The highest BCUT2D eigenvalue weighted by Crippen LogP contribution is 2.33. The van der Waals surface area contributed by atoms with Crippen molar-refractivity contribution in [2.45, 2.75) is 51.2 Å². The van der Waals surface area contributed by atoms with Gasteiger partial charge in [-0.2, -0.15) is 4.68 Å². The highest BCUT2D eigenvalue weighted by Gasteiger charge is 2.40. The van der Waals surface area contributed by atoms with Crippen molar-refractivity contribution in [2.24, 2.45) is 0 Å². The fraction of sp³-hybridized carbons (Fsp3) is 0.625. The molecule has 24 heavy (non-hydrogen) atoms. The molecule has 128 valence electrons. The second kappa shape index (κ2) is 6.25. The van der Waals surface area contributed by atoms with Crippen molar-refractivity contribution in [1.29, 1.82) is 0 Å². The van der Waals surface area contributed by atoms with Crippen LogP contribution in [0, 0.1) is 0 Å². The summed E-state index contributed by atoms with van der Waals surface area (Å²) in [4.78, 5) is 18.5. The number of fused-ring (bicyclic) bond motifs is 2. The van der Waals surface area contributed by atoms with Crippen molar-refractivity contribution < 1.29 is 4.79 Å². The highest BCUT2D eigenvalue weighted by atomic mass is 32.1. The van der Waals surface area contributed by atoms with E-state index in [4.69, 9.17) is 0 Å². The standard InChI is InChI=1S/C16H22N6OS/c1-11(2)22-12-3-4-13(22)9-20(7-5-12)16(23)15-14(6-8-24-15)21-10-17-18-19-21/h6,8,10-13H,3-5,7,9H2,1-2H3. The Morgan fingerprint density at radius 1 is 1.29 bits per heavy atom. The van der Waals surface area contributed by atoms with Gasteiger partial charge in [0.05, 0.1) is 5.69 Å². The summed E-state index contributed by atoms with van der Waals surface area (Å²) in [5, 5.41) is 13.2. The van der Waals surface area contributed by atoms with E-state index in [0.29, 0.717) is 18.1 Å². The Morgan fingerprint density at radius 2 is 2.12 bits per heavy atom. The monoisotopic (exact) mass is 346 g/mol. The van der Waals surface area contributed by atoms with E-state index in [1.54, 1.807) is 4.68 Å². The zero-order chi connectivity index (χ0) is 16.7. The maximum Gasteiger partial charge on any atom is 0.266 e. The molecule has 0 saturated carbocycles. The smallest absolute Gasteiger partial charge is 0.266 e. The van der Waals surface area contributed by atoms with E-state index in [0.717, 1.165) is 30.1 Å². The van der Waals surface area contributed by atoms with Gasteiger partial charge in [0.1, 0.15) is 11.2 Å². The third-order valence-electron chi connectivity index (χ3n) is 5.16. The molecular weight excluding hydrogens is 324 g/mol. The molecule has 0 N–H and O–H groups in total. The molecule has 2 fully saturated rings. The van der Waals surface area contributed by atoms with Gasteiger partial charge in [0.25, 0.3) is 5.91 Å². The van der Waals surface area contributed by atoms with E-state index in [2.05, 4.69) is 34.3 Å². The molecule has 2 unspecified atom stereocenters. The maximum atomic E-state index is 13.1. The average molecular weight is 346 g/mol. The molecule has 2 atom stereocenters. The second-order valence-electron chi connectivity index (χ2n) is 6.86. The molecule has 2 bridgehead atoms. The van der Waals surface area contributed by atoms with Crippen molar-refractivity contribution in [3.8, 4) is 5.69 Å².